The van der Waals surface area contributed by atoms with Crippen molar-refractivity contribution in [3.8, 4) is 5.69 Å². The van der Waals surface area contributed by atoms with Crippen LogP contribution in [-0.4, -0.2) is 9.55 Å². The fraction of sp³-hybridized carbons (Fsp3) is 0.182. The first-order valence-electron chi connectivity index (χ1n) is 4.76. The molecule has 1 aromatic heterocycles. The second-order valence-electron chi connectivity index (χ2n) is 3.61. The third kappa shape index (κ3) is 1.77. The van der Waals surface area contributed by atoms with Crippen LogP contribution in [0, 0.1) is 13.8 Å². The van der Waals surface area contributed by atoms with Gasteiger partial charge in [-0.3, -0.25) is 0 Å². The van der Waals surface area contributed by atoms with Crippen molar-refractivity contribution in [1.29, 1.82) is 0 Å². The summed E-state index contributed by atoms with van der Waals surface area (Å²) in [4.78, 5) is 4.22. The van der Waals surface area contributed by atoms with Crippen molar-refractivity contribution in [2.75, 3.05) is 5.73 Å². The topological polar surface area (TPSA) is 43.8 Å². The maximum atomic E-state index is 5.97. The molecule has 0 radical (unpaired) electrons. The predicted octanol–water partition coefficient (Wildman–Crippen LogP) is 3.38. The number of aromatic nitrogens is 2. The number of rotatable bonds is 1. The minimum absolute atomic E-state index is 0.456. The summed E-state index contributed by atoms with van der Waals surface area (Å²) in [6.45, 7) is 3.92. The third-order valence-corrected chi connectivity index (χ3v) is 3.30. The van der Waals surface area contributed by atoms with Gasteiger partial charge in [-0.05, 0) is 26.0 Å². The number of nitrogens with two attached hydrogens (primary N) is 1. The molecule has 1 heterocycles. The van der Waals surface area contributed by atoms with Crippen LogP contribution in [0.1, 0.15) is 11.4 Å². The van der Waals surface area contributed by atoms with Crippen LogP contribution >= 0.6 is 23.2 Å². The Labute approximate surface area is 104 Å². The molecule has 0 saturated heterocycles. The first-order valence-corrected chi connectivity index (χ1v) is 5.51. The predicted molar refractivity (Wildman–Crippen MR) is 67.5 cm³/mol. The van der Waals surface area contributed by atoms with Gasteiger partial charge in [-0.15, -0.1) is 0 Å². The van der Waals surface area contributed by atoms with E-state index in [4.69, 9.17) is 28.9 Å². The number of hydrogen-bond acceptors (Lipinski definition) is 2. The van der Waals surface area contributed by atoms with Crippen molar-refractivity contribution < 1.29 is 0 Å². The van der Waals surface area contributed by atoms with Crippen molar-refractivity contribution in [2.45, 2.75) is 13.8 Å². The number of halogens is 2. The van der Waals surface area contributed by atoms with Gasteiger partial charge in [0.25, 0.3) is 0 Å². The minimum atomic E-state index is 0.456. The molecule has 0 aliphatic rings. The van der Waals surface area contributed by atoms with Gasteiger partial charge in [-0.1, -0.05) is 23.2 Å². The van der Waals surface area contributed by atoms with E-state index in [-0.39, 0.29) is 0 Å². The lowest BCUT2D eigenvalue weighted by Crippen LogP contribution is -2.00. The number of anilines is 1. The molecule has 0 aliphatic heterocycles. The molecule has 0 bridgehead atoms. The van der Waals surface area contributed by atoms with Crippen LogP contribution in [0.25, 0.3) is 5.69 Å². The van der Waals surface area contributed by atoms with Crippen molar-refractivity contribution in [3.63, 3.8) is 0 Å². The summed E-state index contributed by atoms with van der Waals surface area (Å²) >= 11 is 11.9. The van der Waals surface area contributed by atoms with Crippen LogP contribution in [-0.2, 0) is 0 Å². The second-order valence-corrected chi connectivity index (χ2v) is 4.42. The van der Waals surface area contributed by atoms with Gasteiger partial charge in [0.05, 0.1) is 33.4 Å². The molecular formula is C11H11Cl2N3. The Kier molecular flexibility index (Phi) is 2.82. The molecule has 84 valence electrons. The van der Waals surface area contributed by atoms with Crippen LogP contribution in [0.2, 0.25) is 10.0 Å². The Morgan fingerprint density at radius 3 is 2.38 bits per heavy atom. The molecule has 2 aromatic rings. The molecule has 0 spiro atoms. The van der Waals surface area contributed by atoms with Crippen molar-refractivity contribution in [2.24, 2.45) is 0 Å². The zero-order valence-electron chi connectivity index (χ0n) is 8.96. The standard InChI is InChI=1S/C11H11Cl2N3/c1-6-7(2)16(5-15-6)11-4-9(13)8(12)3-10(11)14/h3-5H,14H2,1-2H3. The van der Waals surface area contributed by atoms with Gasteiger partial charge in [-0.2, -0.15) is 0 Å². The number of aryl methyl sites for hydroxylation is 1. The summed E-state index contributed by atoms with van der Waals surface area (Å²) in [6, 6.07) is 3.39. The van der Waals surface area contributed by atoms with Crippen molar-refractivity contribution in [1.82, 2.24) is 9.55 Å². The van der Waals surface area contributed by atoms with Crippen LogP contribution in [0.5, 0.6) is 0 Å². The van der Waals surface area contributed by atoms with Gasteiger partial charge in [0.1, 0.15) is 0 Å². The number of hydrogen-bond donors (Lipinski definition) is 1. The van der Waals surface area contributed by atoms with Crippen LogP contribution in [0.4, 0.5) is 5.69 Å². The van der Waals surface area contributed by atoms with Crippen LogP contribution in [0.3, 0.4) is 0 Å². The maximum absolute atomic E-state index is 5.97. The van der Waals surface area contributed by atoms with E-state index < -0.39 is 0 Å². The third-order valence-electron chi connectivity index (χ3n) is 2.58. The highest BCUT2D eigenvalue weighted by atomic mass is 35.5. The molecule has 16 heavy (non-hydrogen) atoms. The molecule has 5 heteroatoms. The smallest absolute Gasteiger partial charge is 0.0998 e. The monoisotopic (exact) mass is 255 g/mol. The summed E-state index contributed by atoms with van der Waals surface area (Å²) in [6.07, 6.45) is 1.72. The van der Waals surface area contributed by atoms with E-state index in [2.05, 4.69) is 4.98 Å². The zero-order chi connectivity index (χ0) is 11.9. The number of benzene rings is 1. The summed E-state index contributed by atoms with van der Waals surface area (Å²) < 4.78 is 1.90. The quantitative estimate of drug-likeness (QED) is 0.795. The molecular weight excluding hydrogens is 245 g/mol. The van der Waals surface area contributed by atoms with Gasteiger partial charge < -0.3 is 10.3 Å². The Morgan fingerprint density at radius 2 is 1.81 bits per heavy atom. The summed E-state index contributed by atoms with van der Waals surface area (Å²) in [5.74, 6) is 0. The zero-order valence-corrected chi connectivity index (χ0v) is 10.5. The Hall–Kier alpha value is -1.19. The molecule has 2 N–H and O–H groups in total. The molecule has 2 rings (SSSR count). The lowest BCUT2D eigenvalue weighted by Gasteiger charge is -2.10. The van der Waals surface area contributed by atoms with Crippen molar-refractivity contribution in [3.05, 3.63) is 39.9 Å². The van der Waals surface area contributed by atoms with E-state index in [9.17, 15) is 0 Å². The fourth-order valence-electron chi connectivity index (χ4n) is 1.50. The molecule has 0 fully saturated rings. The average molecular weight is 256 g/mol. The van der Waals surface area contributed by atoms with Crippen molar-refractivity contribution >= 4 is 28.9 Å². The van der Waals surface area contributed by atoms with Gasteiger partial charge >= 0.3 is 0 Å². The fourth-order valence-corrected chi connectivity index (χ4v) is 1.83. The highest BCUT2D eigenvalue weighted by Crippen LogP contribution is 2.30. The van der Waals surface area contributed by atoms with E-state index in [0.29, 0.717) is 15.7 Å². The number of nitrogens with zero attached hydrogens (tertiary/aromatic N) is 2. The average Bonchev–Trinajstić information content (AvgIpc) is 2.54. The van der Waals surface area contributed by atoms with Gasteiger partial charge in [0.2, 0.25) is 0 Å². The largest absolute Gasteiger partial charge is 0.397 e. The molecule has 0 unspecified atom stereocenters. The summed E-state index contributed by atoms with van der Waals surface area (Å²) in [5, 5.41) is 0.939. The molecule has 0 saturated carbocycles. The van der Waals surface area contributed by atoms with E-state index in [0.717, 1.165) is 17.1 Å². The highest BCUT2D eigenvalue weighted by Gasteiger charge is 2.10. The lowest BCUT2D eigenvalue weighted by molar-refractivity contribution is 1.00. The highest BCUT2D eigenvalue weighted by molar-refractivity contribution is 6.42. The van der Waals surface area contributed by atoms with E-state index in [1.807, 2.05) is 18.4 Å². The summed E-state index contributed by atoms with van der Waals surface area (Å²) in [5.41, 5.74) is 9.28. The minimum Gasteiger partial charge on any atom is -0.397 e. The van der Waals surface area contributed by atoms with Crippen LogP contribution < -0.4 is 5.73 Å². The Morgan fingerprint density at radius 1 is 1.19 bits per heavy atom. The van der Waals surface area contributed by atoms with Gasteiger partial charge in [-0.25, -0.2) is 4.98 Å². The number of imidazole rings is 1. The SMILES string of the molecule is Cc1ncn(-c2cc(Cl)c(Cl)cc2N)c1C. The maximum Gasteiger partial charge on any atom is 0.0998 e. The first-order chi connectivity index (χ1) is 7.50. The normalized spacial score (nSPS) is 10.8. The number of nitrogen functional groups attached to an aromatic ring is 1. The Bertz CT molecular complexity index is 546. The molecule has 0 aliphatic carbocycles. The molecule has 0 amide bonds. The van der Waals surface area contributed by atoms with Gasteiger partial charge in [0.15, 0.2) is 0 Å². The van der Waals surface area contributed by atoms with Gasteiger partial charge in [0, 0.05) is 5.69 Å². The molecule has 1 aromatic carbocycles. The molecule has 0 atom stereocenters. The Balaban J connectivity index is 2.65. The first kappa shape index (κ1) is 11.3. The van der Waals surface area contributed by atoms with E-state index in [1.54, 1.807) is 18.5 Å². The van der Waals surface area contributed by atoms with Crippen LogP contribution in [0.15, 0.2) is 18.5 Å². The van der Waals surface area contributed by atoms with E-state index >= 15 is 0 Å². The van der Waals surface area contributed by atoms with E-state index in [1.165, 1.54) is 0 Å². The molecule has 3 nitrogen and oxygen atoms in total. The summed E-state index contributed by atoms with van der Waals surface area (Å²) in [7, 11) is 0. The lowest BCUT2D eigenvalue weighted by atomic mass is 10.2. The second kappa shape index (κ2) is 4.00.